The minimum absolute atomic E-state index is 0.280. The van der Waals surface area contributed by atoms with Crippen LogP contribution in [-0.4, -0.2) is 43.4 Å². The van der Waals surface area contributed by atoms with Crippen LogP contribution >= 0.6 is 11.8 Å². The fraction of sp³-hybridized carbons (Fsp3) is 0.257. The second kappa shape index (κ2) is 15.5. The number of ether oxygens (including phenoxy) is 2. The van der Waals surface area contributed by atoms with Crippen LogP contribution in [0.15, 0.2) is 97.1 Å². The Morgan fingerprint density at radius 3 is 2.16 bits per heavy atom. The van der Waals surface area contributed by atoms with Crippen molar-refractivity contribution in [1.82, 2.24) is 5.32 Å². The number of halogens is 3. The van der Waals surface area contributed by atoms with E-state index < -0.39 is 18.4 Å². The van der Waals surface area contributed by atoms with E-state index in [9.17, 15) is 22.8 Å². The van der Waals surface area contributed by atoms with Gasteiger partial charge in [0, 0.05) is 24.3 Å². The summed E-state index contributed by atoms with van der Waals surface area (Å²) in [7, 11) is 1.30. The van der Waals surface area contributed by atoms with Gasteiger partial charge in [0.15, 0.2) is 0 Å². The molecule has 0 heterocycles. The summed E-state index contributed by atoms with van der Waals surface area (Å²) in [5, 5.41) is 2.87. The fourth-order valence-corrected chi connectivity index (χ4v) is 5.43. The normalized spacial score (nSPS) is 11.9. The molecule has 6 nitrogen and oxygen atoms in total. The number of aryl methyl sites for hydroxylation is 1. The van der Waals surface area contributed by atoms with Gasteiger partial charge in [-0.2, -0.15) is 11.8 Å². The second-order valence-electron chi connectivity index (χ2n) is 10.4. The molecule has 0 saturated heterocycles. The van der Waals surface area contributed by atoms with Crippen molar-refractivity contribution in [3.8, 4) is 16.9 Å². The number of hydrogen-bond acceptors (Lipinski definition) is 6. The third-order valence-electron chi connectivity index (χ3n) is 7.19. The molecule has 1 atom stereocenters. The van der Waals surface area contributed by atoms with E-state index in [1.54, 1.807) is 30.0 Å². The summed E-state index contributed by atoms with van der Waals surface area (Å²) >= 11 is 1.58. The first-order valence-corrected chi connectivity index (χ1v) is 15.7. The van der Waals surface area contributed by atoms with Crippen molar-refractivity contribution in [2.75, 3.05) is 24.0 Å². The van der Waals surface area contributed by atoms with Gasteiger partial charge in [0.1, 0.15) is 11.8 Å². The minimum atomic E-state index is -4.76. The summed E-state index contributed by atoms with van der Waals surface area (Å²) in [5.41, 5.74) is 5.64. The summed E-state index contributed by atoms with van der Waals surface area (Å²) in [4.78, 5) is 28.2. The molecule has 4 rings (SSSR count). The molecule has 1 N–H and O–H groups in total. The Hall–Kier alpha value is -4.44. The van der Waals surface area contributed by atoms with E-state index in [4.69, 9.17) is 4.74 Å². The lowest BCUT2D eigenvalue weighted by atomic mass is 9.93. The predicted molar refractivity (Wildman–Crippen MR) is 172 cm³/mol. The predicted octanol–water partition coefficient (Wildman–Crippen LogP) is 7.79. The maximum absolute atomic E-state index is 13.6. The molecule has 0 aromatic heterocycles. The Morgan fingerprint density at radius 1 is 0.867 bits per heavy atom. The van der Waals surface area contributed by atoms with Gasteiger partial charge < -0.3 is 19.7 Å². The van der Waals surface area contributed by atoms with E-state index in [-0.39, 0.29) is 11.7 Å². The first-order chi connectivity index (χ1) is 21.6. The molecule has 0 aliphatic carbocycles. The van der Waals surface area contributed by atoms with Crippen LogP contribution in [0.1, 0.15) is 33.5 Å². The van der Waals surface area contributed by atoms with Gasteiger partial charge in [-0.15, -0.1) is 13.2 Å². The summed E-state index contributed by atoms with van der Waals surface area (Å²) < 4.78 is 46.9. The minimum Gasteiger partial charge on any atom is -0.467 e. The zero-order chi connectivity index (χ0) is 32.4. The van der Waals surface area contributed by atoms with E-state index in [1.807, 2.05) is 79.9 Å². The van der Waals surface area contributed by atoms with E-state index in [1.165, 1.54) is 19.2 Å². The number of benzene rings is 4. The van der Waals surface area contributed by atoms with Crippen molar-refractivity contribution in [2.24, 2.45) is 0 Å². The average molecular weight is 637 g/mol. The lowest BCUT2D eigenvalue weighted by molar-refractivity contribution is -0.274. The SMILES string of the molecule is COC(=O)[C@H](CCSC)NC(=O)c1ccc(CN(Cc2ccc(OC(F)(F)F)cc2)c2ccccc2)cc1-c1ccccc1C. The zero-order valence-electron chi connectivity index (χ0n) is 25.3. The standard InChI is InChI=1S/C35H35F3N2O4S/c1-24-9-7-8-12-29(24)31-21-26(15-18-30(31)33(41)39-32(19-20-45-3)34(42)43-2)23-40(27-10-5-4-6-11-27)22-25-13-16-28(17-14-25)44-35(36,37)38/h4-18,21,32H,19-20,22-23H2,1-3H3,(H,39,41)/t32-/m0/s1. The van der Waals surface area contributed by atoms with Gasteiger partial charge in [0.2, 0.25) is 0 Å². The topological polar surface area (TPSA) is 67.9 Å². The Balaban J connectivity index is 1.67. The van der Waals surface area contributed by atoms with Crippen LogP contribution in [0, 0.1) is 6.92 Å². The third kappa shape index (κ3) is 9.52. The Kier molecular flexibility index (Phi) is 11.5. The number of rotatable bonds is 13. The fourth-order valence-electron chi connectivity index (χ4n) is 4.96. The summed E-state index contributed by atoms with van der Waals surface area (Å²) in [6.45, 7) is 2.83. The first kappa shape index (κ1) is 33.5. The Bertz CT molecular complexity index is 1580. The molecule has 236 valence electrons. The molecule has 0 radical (unpaired) electrons. The summed E-state index contributed by atoms with van der Waals surface area (Å²) in [6.07, 6.45) is -2.39. The molecule has 4 aromatic rings. The van der Waals surface area contributed by atoms with Gasteiger partial charge in [0.05, 0.1) is 7.11 Å². The number of nitrogens with one attached hydrogen (secondary N) is 1. The van der Waals surface area contributed by atoms with Crippen LogP contribution in [0.3, 0.4) is 0 Å². The maximum atomic E-state index is 13.6. The van der Waals surface area contributed by atoms with Crippen molar-refractivity contribution in [2.45, 2.75) is 38.8 Å². The Labute approximate surface area is 265 Å². The van der Waals surface area contributed by atoms with Crippen LogP contribution in [0.2, 0.25) is 0 Å². The van der Waals surface area contributed by atoms with Gasteiger partial charge in [0.25, 0.3) is 5.91 Å². The number of alkyl halides is 3. The van der Waals surface area contributed by atoms with Crippen molar-refractivity contribution >= 4 is 29.3 Å². The molecular formula is C35H35F3N2O4S. The third-order valence-corrected chi connectivity index (χ3v) is 7.83. The quantitative estimate of drug-likeness (QED) is 0.151. The number of para-hydroxylation sites is 1. The number of carbonyl (C=O) groups excluding carboxylic acids is 2. The second-order valence-corrected chi connectivity index (χ2v) is 11.4. The highest BCUT2D eigenvalue weighted by Crippen LogP contribution is 2.30. The van der Waals surface area contributed by atoms with Gasteiger partial charge in [-0.05, 0) is 89.6 Å². The van der Waals surface area contributed by atoms with Crippen molar-refractivity contribution in [1.29, 1.82) is 0 Å². The first-order valence-electron chi connectivity index (χ1n) is 14.3. The molecule has 10 heteroatoms. The number of esters is 1. The molecule has 1 amide bonds. The number of carbonyl (C=O) groups is 2. The van der Waals surface area contributed by atoms with E-state index in [0.717, 1.165) is 33.5 Å². The highest BCUT2D eigenvalue weighted by molar-refractivity contribution is 7.98. The van der Waals surface area contributed by atoms with Gasteiger partial charge in [-0.25, -0.2) is 4.79 Å². The lowest BCUT2D eigenvalue weighted by Crippen LogP contribution is -2.42. The van der Waals surface area contributed by atoms with Crippen LogP contribution < -0.4 is 15.0 Å². The van der Waals surface area contributed by atoms with Crippen LogP contribution in [-0.2, 0) is 22.6 Å². The number of methoxy groups -OCH3 is 1. The molecule has 0 bridgehead atoms. The number of thioether (sulfide) groups is 1. The average Bonchev–Trinajstić information content (AvgIpc) is 3.03. The lowest BCUT2D eigenvalue weighted by Gasteiger charge is -2.26. The molecule has 45 heavy (non-hydrogen) atoms. The van der Waals surface area contributed by atoms with Gasteiger partial charge >= 0.3 is 12.3 Å². The van der Waals surface area contributed by atoms with E-state index in [2.05, 4.69) is 15.0 Å². The number of anilines is 1. The molecule has 0 fully saturated rings. The van der Waals surface area contributed by atoms with Crippen molar-refractivity contribution in [3.05, 3.63) is 119 Å². The van der Waals surface area contributed by atoms with Gasteiger partial charge in [-0.3, -0.25) is 4.79 Å². The number of nitrogens with zero attached hydrogens (tertiary/aromatic N) is 1. The molecule has 0 unspecified atom stereocenters. The van der Waals surface area contributed by atoms with Gasteiger partial charge in [-0.1, -0.05) is 60.7 Å². The summed E-state index contributed by atoms with van der Waals surface area (Å²) in [5.74, 6) is -0.477. The van der Waals surface area contributed by atoms with E-state index >= 15 is 0 Å². The zero-order valence-corrected chi connectivity index (χ0v) is 26.1. The summed E-state index contributed by atoms with van der Waals surface area (Å²) in [6, 6.07) is 28.1. The molecule has 0 aliphatic rings. The maximum Gasteiger partial charge on any atom is 0.573 e. The van der Waals surface area contributed by atoms with Crippen molar-refractivity contribution in [3.63, 3.8) is 0 Å². The monoisotopic (exact) mass is 636 g/mol. The molecule has 0 aliphatic heterocycles. The van der Waals surface area contributed by atoms with Crippen LogP contribution in [0.25, 0.3) is 11.1 Å². The highest BCUT2D eigenvalue weighted by Gasteiger charge is 2.31. The number of amides is 1. The Morgan fingerprint density at radius 2 is 1.51 bits per heavy atom. The molecular weight excluding hydrogens is 601 g/mol. The molecule has 4 aromatic carbocycles. The molecule has 0 saturated carbocycles. The number of hydrogen-bond donors (Lipinski definition) is 1. The largest absolute Gasteiger partial charge is 0.573 e. The van der Waals surface area contributed by atoms with Crippen LogP contribution in [0.4, 0.5) is 18.9 Å². The molecule has 0 spiro atoms. The van der Waals surface area contributed by atoms with E-state index in [0.29, 0.717) is 30.8 Å². The highest BCUT2D eigenvalue weighted by atomic mass is 32.2. The van der Waals surface area contributed by atoms with Crippen molar-refractivity contribution < 1.29 is 32.2 Å². The smallest absolute Gasteiger partial charge is 0.467 e. The van der Waals surface area contributed by atoms with Crippen LogP contribution in [0.5, 0.6) is 5.75 Å².